The SMILES string of the molecule is CN1c2c(cc(Nc3cncc(C#N)c3)cc2C(F)(F)F)[C@@H]2CNCC[C@@H]21. The first kappa shape index (κ1) is 17.6. The molecule has 0 spiro atoms. The largest absolute Gasteiger partial charge is 0.418 e. The smallest absolute Gasteiger partial charge is 0.370 e. The molecule has 1 aromatic carbocycles. The summed E-state index contributed by atoms with van der Waals surface area (Å²) < 4.78 is 41.4. The van der Waals surface area contributed by atoms with Gasteiger partial charge in [0.25, 0.3) is 0 Å². The number of anilines is 3. The second-order valence-corrected chi connectivity index (χ2v) is 6.94. The van der Waals surface area contributed by atoms with Gasteiger partial charge < -0.3 is 15.5 Å². The van der Waals surface area contributed by atoms with Crippen molar-refractivity contribution in [1.29, 1.82) is 5.26 Å². The Morgan fingerprint density at radius 2 is 2.07 bits per heavy atom. The number of aromatic nitrogens is 1. The lowest BCUT2D eigenvalue weighted by atomic mass is 9.89. The lowest BCUT2D eigenvalue weighted by Gasteiger charge is -2.31. The molecule has 1 fully saturated rings. The number of nitrogens with zero attached hydrogens (tertiary/aromatic N) is 3. The molecule has 5 nitrogen and oxygen atoms in total. The van der Waals surface area contributed by atoms with Crippen LogP contribution in [-0.4, -0.2) is 31.2 Å². The van der Waals surface area contributed by atoms with Gasteiger partial charge in [-0.25, -0.2) is 0 Å². The minimum Gasteiger partial charge on any atom is -0.370 e. The fourth-order valence-corrected chi connectivity index (χ4v) is 4.15. The summed E-state index contributed by atoms with van der Waals surface area (Å²) in [6.07, 6.45) is -0.756. The highest BCUT2D eigenvalue weighted by Crippen LogP contribution is 2.50. The molecule has 2 atom stereocenters. The minimum absolute atomic E-state index is 0.0187. The Balaban J connectivity index is 1.80. The maximum Gasteiger partial charge on any atom is 0.418 e. The van der Waals surface area contributed by atoms with Crippen molar-refractivity contribution in [2.24, 2.45) is 0 Å². The molecule has 140 valence electrons. The van der Waals surface area contributed by atoms with E-state index in [1.54, 1.807) is 24.1 Å². The summed E-state index contributed by atoms with van der Waals surface area (Å²) >= 11 is 0. The van der Waals surface area contributed by atoms with Crippen LogP contribution in [0.2, 0.25) is 0 Å². The molecule has 8 heteroatoms. The topological polar surface area (TPSA) is 64.0 Å². The van der Waals surface area contributed by atoms with Crippen molar-refractivity contribution in [3.05, 3.63) is 47.3 Å². The molecule has 1 saturated heterocycles. The normalized spacial score (nSPS) is 21.4. The predicted octanol–water partition coefficient (Wildman–Crippen LogP) is 3.61. The van der Waals surface area contributed by atoms with E-state index in [2.05, 4.69) is 15.6 Å². The van der Waals surface area contributed by atoms with Gasteiger partial charge in [0, 0.05) is 37.4 Å². The zero-order valence-corrected chi connectivity index (χ0v) is 14.6. The Kier molecular flexibility index (Phi) is 4.19. The number of fused-ring (bicyclic) bond motifs is 3. The number of hydrogen-bond donors (Lipinski definition) is 2. The third kappa shape index (κ3) is 3.08. The zero-order chi connectivity index (χ0) is 19.2. The van der Waals surface area contributed by atoms with Crippen LogP contribution in [0.1, 0.15) is 29.0 Å². The molecule has 2 N–H and O–H groups in total. The van der Waals surface area contributed by atoms with Crippen LogP contribution in [0.5, 0.6) is 0 Å². The van der Waals surface area contributed by atoms with E-state index in [9.17, 15) is 13.2 Å². The van der Waals surface area contributed by atoms with Crippen LogP contribution < -0.4 is 15.5 Å². The summed E-state index contributed by atoms with van der Waals surface area (Å²) in [6, 6.07) is 6.53. The van der Waals surface area contributed by atoms with Crippen LogP contribution in [0.3, 0.4) is 0 Å². The first-order valence-electron chi connectivity index (χ1n) is 8.69. The summed E-state index contributed by atoms with van der Waals surface area (Å²) in [7, 11) is 1.75. The molecule has 0 unspecified atom stereocenters. The van der Waals surface area contributed by atoms with Crippen LogP contribution in [0, 0.1) is 11.3 Å². The molecular formula is C19H18F3N5. The summed E-state index contributed by atoms with van der Waals surface area (Å²) in [5.41, 5.74) is 1.51. The zero-order valence-electron chi connectivity index (χ0n) is 14.6. The fourth-order valence-electron chi connectivity index (χ4n) is 4.15. The molecular weight excluding hydrogens is 355 g/mol. The summed E-state index contributed by atoms with van der Waals surface area (Å²) in [5.74, 6) is 0.0187. The molecule has 1 aromatic heterocycles. The third-order valence-corrected chi connectivity index (χ3v) is 5.30. The number of nitrogens with one attached hydrogen (secondary N) is 2. The van der Waals surface area contributed by atoms with Gasteiger partial charge in [-0.15, -0.1) is 0 Å². The number of pyridine rings is 1. The molecule has 0 aliphatic carbocycles. The molecule has 27 heavy (non-hydrogen) atoms. The molecule has 0 amide bonds. The quantitative estimate of drug-likeness (QED) is 0.842. The lowest BCUT2D eigenvalue weighted by molar-refractivity contribution is -0.137. The van der Waals surface area contributed by atoms with Crippen molar-refractivity contribution in [3.8, 4) is 6.07 Å². The second kappa shape index (κ2) is 6.43. The van der Waals surface area contributed by atoms with Gasteiger partial charge in [-0.3, -0.25) is 4.98 Å². The monoisotopic (exact) mass is 373 g/mol. The average molecular weight is 373 g/mol. The van der Waals surface area contributed by atoms with Gasteiger partial charge >= 0.3 is 6.18 Å². The van der Waals surface area contributed by atoms with Gasteiger partial charge in [-0.05, 0) is 36.7 Å². The van der Waals surface area contributed by atoms with Gasteiger partial charge in [0.05, 0.1) is 28.7 Å². The highest BCUT2D eigenvalue weighted by atomic mass is 19.4. The van der Waals surface area contributed by atoms with Crippen LogP contribution in [0.15, 0.2) is 30.6 Å². The number of rotatable bonds is 2. The minimum atomic E-state index is -4.45. The highest BCUT2D eigenvalue weighted by molar-refractivity contribution is 5.74. The molecule has 0 bridgehead atoms. The third-order valence-electron chi connectivity index (χ3n) is 5.30. The van der Waals surface area contributed by atoms with E-state index in [-0.39, 0.29) is 17.6 Å². The van der Waals surface area contributed by atoms with Gasteiger partial charge in [-0.1, -0.05) is 0 Å². The Morgan fingerprint density at radius 3 is 2.81 bits per heavy atom. The molecule has 0 radical (unpaired) electrons. The van der Waals surface area contributed by atoms with E-state index in [4.69, 9.17) is 5.26 Å². The van der Waals surface area contributed by atoms with Gasteiger partial charge in [0.15, 0.2) is 0 Å². The Hall–Kier alpha value is -2.79. The Labute approximate surface area is 154 Å². The van der Waals surface area contributed by atoms with Crippen molar-refractivity contribution in [3.63, 3.8) is 0 Å². The van der Waals surface area contributed by atoms with E-state index in [0.717, 1.165) is 19.0 Å². The van der Waals surface area contributed by atoms with Crippen LogP contribution in [0.25, 0.3) is 0 Å². The van der Waals surface area contributed by atoms with E-state index < -0.39 is 11.7 Å². The van der Waals surface area contributed by atoms with Gasteiger partial charge in [0.1, 0.15) is 6.07 Å². The highest BCUT2D eigenvalue weighted by Gasteiger charge is 2.45. The van der Waals surface area contributed by atoms with E-state index in [1.807, 2.05) is 6.07 Å². The van der Waals surface area contributed by atoms with E-state index in [1.165, 1.54) is 12.4 Å². The maximum atomic E-state index is 13.8. The predicted molar refractivity (Wildman–Crippen MR) is 96.1 cm³/mol. The van der Waals surface area contributed by atoms with Gasteiger partial charge in [0.2, 0.25) is 0 Å². The molecule has 0 saturated carbocycles. The summed E-state index contributed by atoms with van der Waals surface area (Å²) in [6.45, 7) is 1.47. The van der Waals surface area contributed by atoms with Crippen molar-refractivity contribution < 1.29 is 13.2 Å². The fraction of sp³-hybridized carbons (Fsp3) is 0.368. The van der Waals surface area contributed by atoms with Crippen LogP contribution in [0.4, 0.5) is 30.2 Å². The van der Waals surface area contributed by atoms with E-state index in [0.29, 0.717) is 29.0 Å². The molecule has 4 rings (SSSR count). The van der Waals surface area contributed by atoms with Crippen molar-refractivity contribution in [2.75, 3.05) is 30.4 Å². The van der Waals surface area contributed by atoms with Crippen molar-refractivity contribution >= 4 is 17.1 Å². The second-order valence-electron chi connectivity index (χ2n) is 6.94. The molecule has 2 aliphatic rings. The Morgan fingerprint density at radius 1 is 1.26 bits per heavy atom. The standard InChI is InChI=1S/C19H18F3N5/c1-27-17-2-3-24-10-15(17)14-5-12(6-16(18(14)27)19(20,21)22)26-13-4-11(7-23)8-25-9-13/h4-6,8-9,15,17,24,26H,2-3,10H2,1H3/t15-,17-/m0/s1. The van der Waals surface area contributed by atoms with E-state index >= 15 is 0 Å². The van der Waals surface area contributed by atoms with Gasteiger partial charge in [-0.2, -0.15) is 18.4 Å². The molecule has 2 aliphatic heterocycles. The van der Waals surface area contributed by atoms with Crippen LogP contribution >= 0.6 is 0 Å². The number of alkyl halides is 3. The number of hydrogen-bond acceptors (Lipinski definition) is 5. The van der Waals surface area contributed by atoms with Crippen molar-refractivity contribution in [2.45, 2.75) is 24.6 Å². The first-order valence-corrected chi connectivity index (χ1v) is 8.69. The first-order chi connectivity index (χ1) is 12.9. The number of halogens is 3. The molecule has 3 heterocycles. The van der Waals surface area contributed by atoms with Crippen molar-refractivity contribution in [1.82, 2.24) is 10.3 Å². The maximum absolute atomic E-state index is 13.8. The number of benzene rings is 1. The number of likely N-dealkylation sites (N-methyl/N-ethyl adjacent to an activating group) is 1. The summed E-state index contributed by atoms with van der Waals surface area (Å²) in [4.78, 5) is 5.73. The lowest BCUT2D eigenvalue weighted by Crippen LogP contribution is -2.42. The number of nitriles is 1. The molecule has 2 aromatic rings. The summed E-state index contributed by atoms with van der Waals surface area (Å²) in [5, 5.41) is 15.2. The number of piperidine rings is 1. The average Bonchev–Trinajstić information content (AvgIpc) is 2.93. The van der Waals surface area contributed by atoms with Crippen LogP contribution in [-0.2, 0) is 6.18 Å². The Bertz CT molecular complexity index is 919.